The van der Waals surface area contributed by atoms with Crippen LogP contribution < -0.4 is 0 Å². The van der Waals surface area contributed by atoms with Crippen LogP contribution in [0.1, 0.15) is 58.4 Å². The zero-order chi connectivity index (χ0) is 17.3. The highest BCUT2D eigenvalue weighted by atomic mass is 16.4. The molecule has 1 fully saturated rings. The maximum atomic E-state index is 12.8. The van der Waals surface area contributed by atoms with Crippen molar-refractivity contribution >= 4 is 11.7 Å². The average molecular weight is 329 g/mol. The summed E-state index contributed by atoms with van der Waals surface area (Å²) in [6.45, 7) is 4.63. The summed E-state index contributed by atoms with van der Waals surface area (Å²) < 4.78 is 7.30. The third kappa shape index (κ3) is 3.13. The molecule has 2 aromatic heterocycles. The third-order valence-electron chi connectivity index (χ3n) is 4.64. The number of carbonyl (C=O) groups excluding carboxylic acids is 2. The molecule has 0 saturated carbocycles. The molecule has 24 heavy (non-hydrogen) atoms. The molecule has 1 saturated heterocycles. The molecule has 1 aliphatic heterocycles. The topological polar surface area (TPSA) is 68.3 Å². The third-order valence-corrected chi connectivity index (χ3v) is 4.64. The molecule has 3 heterocycles. The highest BCUT2D eigenvalue weighted by Crippen LogP contribution is 2.25. The van der Waals surface area contributed by atoms with Gasteiger partial charge >= 0.3 is 0 Å². The van der Waals surface area contributed by atoms with E-state index in [-0.39, 0.29) is 17.7 Å². The lowest BCUT2D eigenvalue weighted by Crippen LogP contribution is -2.36. The van der Waals surface area contributed by atoms with Gasteiger partial charge in [-0.15, -0.1) is 0 Å². The van der Waals surface area contributed by atoms with E-state index in [2.05, 4.69) is 5.10 Å². The van der Waals surface area contributed by atoms with Crippen LogP contribution in [0.4, 0.5) is 0 Å². The number of Topliss-reactive ketones (excluding diaryl/α,β-unsaturated/α-hetero) is 1. The summed E-state index contributed by atoms with van der Waals surface area (Å²) in [5.74, 6) is 1.14. The van der Waals surface area contributed by atoms with Crippen LogP contribution in [0.3, 0.4) is 0 Å². The van der Waals surface area contributed by atoms with Gasteiger partial charge in [0, 0.05) is 38.7 Å². The largest absolute Gasteiger partial charge is 0.456 e. The van der Waals surface area contributed by atoms with E-state index < -0.39 is 0 Å². The summed E-state index contributed by atoms with van der Waals surface area (Å²) in [7, 11) is 1.78. The van der Waals surface area contributed by atoms with Crippen LogP contribution in [-0.4, -0.2) is 39.0 Å². The summed E-state index contributed by atoms with van der Waals surface area (Å²) in [6, 6.07) is 1.74. The van der Waals surface area contributed by atoms with E-state index in [0.717, 1.165) is 30.6 Å². The molecule has 0 aromatic carbocycles. The summed E-state index contributed by atoms with van der Waals surface area (Å²) in [6.07, 6.45) is 6.15. The van der Waals surface area contributed by atoms with E-state index in [9.17, 15) is 9.59 Å². The van der Waals surface area contributed by atoms with Gasteiger partial charge in [0.25, 0.3) is 5.91 Å². The number of nitrogens with zero attached hydrogens (tertiary/aromatic N) is 3. The summed E-state index contributed by atoms with van der Waals surface area (Å²) in [4.78, 5) is 27.0. The Morgan fingerprint density at radius 3 is 2.83 bits per heavy atom. The fourth-order valence-corrected chi connectivity index (χ4v) is 3.33. The Bertz CT molecular complexity index is 759. The van der Waals surface area contributed by atoms with Crippen molar-refractivity contribution in [2.45, 2.75) is 45.6 Å². The Morgan fingerprint density at radius 1 is 1.42 bits per heavy atom. The fraction of sp³-hybridized carbons (Fsp3) is 0.500. The molecular weight excluding hydrogens is 306 g/mol. The van der Waals surface area contributed by atoms with Gasteiger partial charge in [0.2, 0.25) is 0 Å². The minimum Gasteiger partial charge on any atom is -0.456 e. The predicted molar refractivity (Wildman–Crippen MR) is 89.0 cm³/mol. The highest BCUT2D eigenvalue weighted by Gasteiger charge is 2.33. The number of aryl methyl sites for hydroxylation is 3. The molecule has 6 heteroatoms. The van der Waals surface area contributed by atoms with Crippen molar-refractivity contribution in [1.82, 2.24) is 14.7 Å². The standard InChI is InChI=1S/C18H23N3O3/c1-4-16-12(2)8-17(24-16)18(23)21-7-5-6-14(21)9-15(22)13-10-19-20(3)11-13/h8,10-11,14H,4-7,9H2,1-3H3/t14-/m0/s1. The van der Waals surface area contributed by atoms with E-state index in [4.69, 9.17) is 4.42 Å². The second kappa shape index (κ2) is 6.63. The lowest BCUT2D eigenvalue weighted by Gasteiger charge is -2.23. The van der Waals surface area contributed by atoms with Gasteiger partial charge in [-0.1, -0.05) is 6.92 Å². The lowest BCUT2D eigenvalue weighted by molar-refractivity contribution is 0.0685. The number of likely N-dealkylation sites (tertiary alicyclic amines) is 1. The maximum Gasteiger partial charge on any atom is 0.289 e. The molecule has 128 valence electrons. The van der Waals surface area contributed by atoms with Crippen LogP contribution in [0.15, 0.2) is 22.9 Å². The molecule has 0 spiro atoms. The normalized spacial score (nSPS) is 17.5. The van der Waals surface area contributed by atoms with Crippen LogP contribution in [0, 0.1) is 6.92 Å². The van der Waals surface area contributed by atoms with Gasteiger partial charge in [-0.05, 0) is 31.4 Å². The zero-order valence-corrected chi connectivity index (χ0v) is 14.4. The Kier molecular flexibility index (Phi) is 4.55. The minimum atomic E-state index is -0.112. The fourth-order valence-electron chi connectivity index (χ4n) is 3.33. The first kappa shape index (κ1) is 16.5. The average Bonchev–Trinajstić information content (AvgIpc) is 3.26. The molecular formula is C18H23N3O3. The summed E-state index contributed by atoms with van der Waals surface area (Å²) in [5.41, 5.74) is 1.60. The number of furan rings is 1. The number of amides is 1. The number of rotatable bonds is 5. The molecule has 0 radical (unpaired) electrons. The summed E-state index contributed by atoms with van der Waals surface area (Å²) >= 11 is 0. The predicted octanol–water partition coefficient (Wildman–Crippen LogP) is 2.76. The van der Waals surface area contributed by atoms with Gasteiger partial charge < -0.3 is 9.32 Å². The highest BCUT2D eigenvalue weighted by molar-refractivity contribution is 5.97. The molecule has 1 aliphatic rings. The van der Waals surface area contributed by atoms with Crippen LogP contribution >= 0.6 is 0 Å². The second-order valence-electron chi connectivity index (χ2n) is 6.39. The van der Waals surface area contributed by atoms with Crippen molar-refractivity contribution < 1.29 is 14.0 Å². The quantitative estimate of drug-likeness (QED) is 0.791. The SMILES string of the molecule is CCc1oc(C(=O)N2CCC[C@H]2CC(=O)c2cnn(C)c2)cc1C. The minimum absolute atomic E-state index is 0.0256. The Hall–Kier alpha value is -2.37. The van der Waals surface area contributed by atoms with Crippen LogP contribution in [0.2, 0.25) is 0 Å². The first-order chi connectivity index (χ1) is 11.5. The number of hydrogen-bond donors (Lipinski definition) is 0. The van der Waals surface area contributed by atoms with Gasteiger partial charge in [-0.25, -0.2) is 0 Å². The van der Waals surface area contributed by atoms with Gasteiger partial charge in [0.05, 0.1) is 11.8 Å². The molecule has 1 atom stereocenters. The molecule has 3 rings (SSSR count). The smallest absolute Gasteiger partial charge is 0.289 e. The van der Waals surface area contributed by atoms with E-state index in [1.54, 1.807) is 35.1 Å². The number of carbonyl (C=O) groups is 2. The maximum absolute atomic E-state index is 12.8. The Balaban J connectivity index is 1.72. The number of hydrogen-bond acceptors (Lipinski definition) is 4. The van der Waals surface area contributed by atoms with Crippen molar-refractivity contribution in [3.8, 4) is 0 Å². The van der Waals surface area contributed by atoms with Crippen molar-refractivity contribution in [1.29, 1.82) is 0 Å². The molecule has 0 bridgehead atoms. The van der Waals surface area contributed by atoms with E-state index in [1.807, 2.05) is 13.8 Å². The van der Waals surface area contributed by atoms with Crippen molar-refractivity contribution in [3.05, 3.63) is 41.1 Å². The second-order valence-corrected chi connectivity index (χ2v) is 6.39. The number of aromatic nitrogens is 2. The molecule has 0 unspecified atom stereocenters. The lowest BCUT2D eigenvalue weighted by atomic mass is 10.0. The van der Waals surface area contributed by atoms with E-state index in [0.29, 0.717) is 24.3 Å². The zero-order valence-electron chi connectivity index (χ0n) is 14.4. The molecule has 2 aromatic rings. The van der Waals surface area contributed by atoms with Gasteiger partial charge in [0.15, 0.2) is 11.5 Å². The molecule has 0 N–H and O–H groups in total. The van der Waals surface area contributed by atoms with Crippen LogP contribution in [0.5, 0.6) is 0 Å². The van der Waals surface area contributed by atoms with Gasteiger partial charge in [0.1, 0.15) is 5.76 Å². The molecule has 0 aliphatic carbocycles. The van der Waals surface area contributed by atoms with Crippen LogP contribution in [0.25, 0.3) is 0 Å². The van der Waals surface area contributed by atoms with Crippen LogP contribution in [-0.2, 0) is 13.5 Å². The molecule has 1 amide bonds. The first-order valence-corrected chi connectivity index (χ1v) is 8.41. The van der Waals surface area contributed by atoms with Crippen molar-refractivity contribution in [2.75, 3.05) is 6.54 Å². The van der Waals surface area contributed by atoms with E-state index >= 15 is 0 Å². The van der Waals surface area contributed by atoms with Crippen molar-refractivity contribution in [3.63, 3.8) is 0 Å². The summed E-state index contributed by atoms with van der Waals surface area (Å²) in [5, 5.41) is 4.04. The Labute approximate surface area is 141 Å². The monoisotopic (exact) mass is 329 g/mol. The van der Waals surface area contributed by atoms with Gasteiger partial charge in [-0.2, -0.15) is 5.10 Å². The number of ketones is 1. The van der Waals surface area contributed by atoms with E-state index in [1.165, 1.54) is 0 Å². The first-order valence-electron chi connectivity index (χ1n) is 8.41. The van der Waals surface area contributed by atoms with Gasteiger partial charge in [-0.3, -0.25) is 14.3 Å². The Morgan fingerprint density at radius 2 is 2.21 bits per heavy atom. The molecule has 6 nitrogen and oxygen atoms in total. The van der Waals surface area contributed by atoms with Crippen molar-refractivity contribution in [2.24, 2.45) is 7.05 Å².